The SMILES string of the molecule is Cc1ccc(-c2c3nc(c(-c4ccc(O)cc4)c4ccc(cc5nc(cc6ccc2[nH]6)C(C)(C)C5=O)[nH]4)C=C3)cc1. The highest BCUT2D eigenvalue weighted by molar-refractivity contribution is 6.05. The average Bonchev–Trinajstić information content (AvgIpc) is 3.75. The summed E-state index contributed by atoms with van der Waals surface area (Å²) in [4.78, 5) is 30.4. The second-order valence-electron chi connectivity index (χ2n) is 11.2. The van der Waals surface area contributed by atoms with Crippen molar-refractivity contribution in [3.8, 4) is 28.0 Å². The molecular weight excluding hydrogens is 508 g/mol. The van der Waals surface area contributed by atoms with Crippen LogP contribution >= 0.6 is 0 Å². The lowest BCUT2D eigenvalue weighted by Crippen LogP contribution is -2.23. The van der Waals surface area contributed by atoms with Crippen LogP contribution in [0.2, 0.25) is 0 Å². The number of hydrogen-bond donors (Lipinski definition) is 3. The number of nitrogens with zero attached hydrogens (tertiary/aromatic N) is 2. The van der Waals surface area contributed by atoms with Crippen molar-refractivity contribution < 1.29 is 9.90 Å². The first-order chi connectivity index (χ1) is 19.8. The molecule has 0 saturated carbocycles. The van der Waals surface area contributed by atoms with Crippen LogP contribution in [-0.2, 0) is 5.41 Å². The van der Waals surface area contributed by atoms with Crippen LogP contribution in [0.4, 0.5) is 0 Å². The molecule has 0 fully saturated rings. The number of aromatic amines is 2. The third-order valence-electron chi connectivity index (χ3n) is 7.87. The van der Waals surface area contributed by atoms with Gasteiger partial charge in [-0.2, -0.15) is 0 Å². The van der Waals surface area contributed by atoms with Gasteiger partial charge in [0.15, 0.2) is 5.78 Å². The Morgan fingerprint density at radius 1 is 0.683 bits per heavy atom. The van der Waals surface area contributed by atoms with Gasteiger partial charge in [0.25, 0.3) is 0 Å². The molecule has 41 heavy (non-hydrogen) atoms. The van der Waals surface area contributed by atoms with Crippen LogP contribution in [-0.4, -0.2) is 30.8 Å². The normalized spacial score (nSPS) is 14.0. The van der Waals surface area contributed by atoms with Gasteiger partial charge in [-0.05, 0) is 92.6 Å². The summed E-state index contributed by atoms with van der Waals surface area (Å²) in [6.45, 7) is 5.91. The van der Waals surface area contributed by atoms with Crippen LogP contribution in [0.25, 0.3) is 56.5 Å². The molecule has 5 heterocycles. The fourth-order valence-corrected chi connectivity index (χ4v) is 5.52. The topological polar surface area (TPSA) is 94.7 Å². The Morgan fingerprint density at radius 2 is 1.22 bits per heavy atom. The minimum absolute atomic E-state index is 0.0208. The van der Waals surface area contributed by atoms with Crippen LogP contribution in [0.3, 0.4) is 0 Å². The molecule has 0 spiro atoms. The smallest absolute Gasteiger partial charge is 0.192 e. The molecule has 6 heteroatoms. The molecule has 200 valence electrons. The van der Waals surface area contributed by atoms with E-state index in [9.17, 15) is 9.90 Å². The number of nitrogens with one attached hydrogen (secondary N) is 2. The number of H-pyrrole nitrogens is 2. The molecule has 8 bridgehead atoms. The number of Topliss-reactive ketones (excluding diaryl/α,β-unsaturated/α-hetero) is 1. The predicted molar refractivity (Wildman–Crippen MR) is 165 cm³/mol. The van der Waals surface area contributed by atoms with E-state index in [4.69, 9.17) is 9.97 Å². The number of aromatic hydroxyl groups is 1. The van der Waals surface area contributed by atoms with Gasteiger partial charge in [-0.25, -0.2) is 9.97 Å². The van der Waals surface area contributed by atoms with Crippen molar-refractivity contribution in [3.05, 3.63) is 113 Å². The summed E-state index contributed by atoms with van der Waals surface area (Å²) in [7, 11) is 0. The summed E-state index contributed by atoms with van der Waals surface area (Å²) in [5, 5.41) is 9.97. The van der Waals surface area contributed by atoms with Crippen LogP contribution in [0, 0.1) is 6.92 Å². The summed E-state index contributed by atoms with van der Waals surface area (Å²) in [5.74, 6) is 0.175. The lowest BCUT2D eigenvalue weighted by molar-refractivity contribution is 0.0919. The van der Waals surface area contributed by atoms with Crippen molar-refractivity contribution in [1.29, 1.82) is 0 Å². The van der Waals surface area contributed by atoms with Gasteiger partial charge in [-0.3, -0.25) is 4.79 Å². The fraction of sp³-hybridized carbons (Fsp3) is 0.114. The molecule has 7 rings (SSSR count). The van der Waals surface area contributed by atoms with Crippen LogP contribution in [0.15, 0.2) is 84.9 Å². The third-order valence-corrected chi connectivity index (χ3v) is 7.87. The monoisotopic (exact) mass is 536 g/mol. The van der Waals surface area contributed by atoms with E-state index in [1.54, 1.807) is 12.1 Å². The number of hydrogen-bond acceptors (Lipinski definition) is 4. The van der Waals surface area contributed by atoms with E-state index >= 15 is 0 Å². The van der Waals surface area contributed by atoms with Crippen LogP contribution < -0.4 is 0 Å². The Kier molecular flexibility index (Phi) is 5.54. The Hall–Kier alpha value is -5.23. The molecule has 0 saturated heterocycles. The zero-order valence-corrected chi connectivity index (χ0v) is 23.0. The number of aryl methyl sites for hydroxylation is 1. The van der Waals surface area contributed by atoms with Gasteiger partial charge in [0.2, 0.25) is 0 Å². The first-order valence-corrected chi connectivity index (χ1v) is 13.6. The van der Waals surface area contributed by atoms with E-state index in [-0.39, 0.29) is 11.5 Å². The highest BCUT2D eigenvalue weighted by Crippen LogP contribution is 2.36. The minimum Gasteiger partial charge on any atom is -0.508 e. The van der Waals surface area contributed by atoms with Crippen LogP contribution in [0.1, 0.15) is 47.0 Å². The Labute approximate surface area is 237 Å². The van der Waals surface area contributed by atoms with Gasteiger partial charge in [-0.1, -0.05) is 42.0 Å². The Morgan fingerprint density at radius 3 is 1.80 bits per heavy atom. The number of ketones is 1. The van der Waals surface area contributed by atoms with Gasteiger partial charge < -0.3 is 15.1 Å². The maximum absolute atomic E-state index is 13.4. The molecule has 3 N–H and O–H groups in total. The van der Waals surface area contributed by atoms with Crippen molar-refractivity contribution >= 4 is 40.0 Å². The van der Waals surface area contributed by atoms with E-state index in [0.29, 0.717) is 11.4 Å². The number of phenolic OH excluding ortho intramolecular Hbond substituents is 1. The van der Waals surface area contributed by atoms with Crippen molar-refractivity contribution in [2.45, 2.75) is 26.2 Å². The second-order valence-corrected chi connectivity index (χ2v) is 11.2. The molecule has 0 radical (unpaired) electrons. The maximum Gasteiger partial charge on any atom is 0.192 e. The molecular formula is C35H28N4O2. The molecule has 0 amide bonds. The maximum atomic E-state index is 13.4. The summed E-state index contributed by atoms with van der Waals surface area (Å²) in [5.41, 5.74) is 10.4. The van der Waals surface area contributed by atoms with Gasteiger partial charge in [0.1, 0.15) is 11.4 Å². The van der Waals surface area contributed by atoms with Crippen LogP contribution in [0.5, 0.6) is 5.75 Å². The number of rotatable bonds is 2. The first-order valence-electron chi connectivity index (χ1n) is 13.6. The summed E-state index contributed by atoms with van der Waals surface area (Å²) in [6, 6.07) is 27.3. The Bertz CT molecular complexity index is 2040. The summed E-state index contributed by atoms with van der Waals surface area (Å²) in [6.07, 6.45) is 4.07. The van der Waals surface area contributed by atoms with E-state index in [1.807, 2.05) is 68.5 Å². The molecule has 2 aliphatic rings. The van der Waals surface area contributed by atoms with Crippen molar-refractivity contribution in [1.82, 2.24) is 19.9 Å². The number of carbonyl (C=O) groups is 1. The predicted octanol–water partition coefficient (Wildman–Crippen LogP) is 7.99. The first kappa shape index (κ1) is 24.8. The molecule has 5 aromatic rings. The van der Waals surface area contributed by atoms with Gasteiger partial charge in [0, 0.05) is 33.2 Å². The lowest BCUT2D eigenvalue weighted by atomic mass is 9.85. The standard InChI is InChI=1S/C35H28N4O2/c1-20-4-6-21(7-5-20)32-27-15-11-24(37-27)19-31-35(2,3)34(41)30(39-31)18-23-10-14-26(36-23)33(29-17-16-28(32)38-29)22-8-12-25(40)13-9-22/h4-19,36-37,40H,1-3H3. The molecule has 0 aliphatic carbocycles. The summed E-state index contributed by atoms with van der Waals surface area (Å²) >= 11 is 0. The molecule has 6 nitrogen and oxygen atoms in total. The van der Waals surface area contributed by atoms with E-state index < -0.39 is 5.41 Å². The van der Waals surface area contributed by atoms with Crippen molar-refractivity contribution in [2.24, 2.45) is 0 Å². The molecule has 0 unspecified atom stereocenters. The zero-order valence-electron chi connectivity index (χ0n) is 23.0. The van der Waals surface area contributed by atoms with E-state index in [2.05, 4.69) is 47.2 Å². The van der Waals surface area contributed by atoms with Gasteiger partial charge in [-0.15, -0.1) is 0 Å². The van der Waals surface area contributed by atoms with E-state index in [1.165, 1.54) is 5.56 Å². The lowest BCUT2D eigenvalue weighted by Gasteiger charge is -2.13. The number of carbonyl (C=O) groups excluding carboxylic acids is 1. The highest BCUT2D eigenvalue weighted by atomic mass is 16.3. The quantitative estimate of drug-likeness (QED) is 0.209. The number of aromatic nitrogens is 4. The molecule has 0 atom stereocenters. The third kappa shape index (κ3) is 4.25. The molecule has 3 aromatic heterocycles. The largest absolute Gasteiger partial charge is 0.508 e. The second kappa shape index (κ2) is 9.17. The summed E-state index contributed by atoms with van der Waals surface area (Å²) < 4.78 is 0. The number of benzene rings is 2. The van der Waals surface area contributed by atoms with Crippen molar-refractivity contribution in [3.63, 3.8) is 0 Å². The van der Waals surface area contributed by atoms with E-state index in [0.717, 1.165) is 55.7 Å². The Balaban J connectivity index is 1.64. The minimum atomic E-state index is -0.755. The average molecular weight is 537 g/mol. The zero-order chi connectivity index (χ0) is 28.3. The van der Waals surface area contributed by atoms with Gasteiger partial charge >= 0.3 is 0 Å². The van der Waals surface area contributed by atoms with Crippen molar-refractivity contribution in [2.75, 3.05) is 0 Å². The highest BCUT2D eigenvalue weighted by Gasteiger charge is 2.37. The molecule has 2 aliphatic heterocycles. The van der Waals surface area contributed by atoms with Gasteiger partial charge in [0.05, 0.1) is 22.5 Å². The number of phenols is 1. The molecule has 2 aromatic carbocycles. The number of fused-ring (bicyclic) bond motifs is 8. The fourth-order valence-electron chi connectivity index (χ4n) is 5.52.